The minimum atomic E-state index is -0.337. The van der Waals surface area contributed by atoms with E-state index in [9.17, 15) is 4.79 Å². The monoisotopic (exact) mass is 566 g/mol. The number of thiazole rings is 1. The van der Waals surface area contributed by atoms with Gasteiger partial charge in [-0.3, -0.25) is 0 Å². The van der Waals surface area contributed by atoms with E-state index in [4.69, 9.17) is 21.1 Å². The molecule has 0 bridgehead atoms. The molecule has 1 atom stereocenters. The van der Waals surface area contributed by atoms with Gasteiger partial charge in [-0.05, 0) is 39.8 Å². The first kappa shape index (κ1) is 26.4. The highest BCUT2D eigenvalue weighted by atomic mass is 127. The van der Waals surface area contributed by atoms with Gasteiger partial charge in [0.1, 0.15) is 15.6 Å². The number of aryl methyl sites for hydroxylation is 1. The zero-order valence-corrected chi connectivity index (χ0v) is 21.6. The van der Waals surface area contributed by atoms with Crippen molar-refractivity contribution < 1.29 is 14.3 Å². The molecule has 30 heavy (non-hydrogen) atoms. The number of rotatable bonds is 8. The Kier molecular flexibility index (Phi) is 11.4. The molecule has 1 aromatic carbocycles. The summed E-state index contributed by atoms with van der Waals surface area (Å²) in [5.74, 6) is 0.999. The number of esters is 1. The first-order valence-electron chi connectivity index (χ1n) is 9.41. The van der Waals surface area contributed by atoms with E-state index in [0.29, 0.717) is 47.0 Å². The van der Waals surface area contributed by atoms with Gasteiger partial charge in [0.25, 0.3) is 0 Å². The summed E-state index contributed by atoms with van der Waals surface area (Å²) >= 11 is 7.35. The molecule has 1 unspecified atom stereocenters. The van der Waals surface area contributed by atoms with E-state index in [-0.39, 0.29) is 36.0 Å². The average molecular weight is 567 g/mol. The highest BCUT2D eigenvalue weighted by molar-refractivity contribution is 14.0. The fourth-order valence-electron chi connectivity index (χ4n) is 2.59. The van der Waals surface area contributed by atoms with E-state index in [0.717, 1.165) is 10.6 Å². The Morgan fingerprint density at radius 2 is 2.10 bits per heavy atom. The molecule has 0 aliphatic carbocycles. The van der Waals surface area contributed by atoms with Crippen molar-refractivity contribution in [1.29, 1.82) is 0 Å². The van der Waals surface area contributed by atoms with E-state index >= 15 is 0 Å². The smallest absolute Gasteiger partial charge is 0.350 e. The predicted octanol–water partition coefficient (Wildman–Crippen LogP) is 4.72. The Balaban J connectivity index is 0.00000450. The second-order valence-corrected chi connectivity index (χ2v) is 7.67. The van der Waals surface area contributed by atoms with Crippen LogP contribution in [0.3, 0.4) is 0 Å². The van der Waals surface area contributed by atoms with Gasteiger partial charge in [0.2, 0.25) is 0 Å². The van der Waals surface area contributed by atoms with Crippen molar-refractivity contribution in [2.24, 2.45) is 4.99 Å². The molecular weight excluding hydrogens is 539 g/mol. The number of aromatic nitrogens is 1. The second kappa shape index (κ2) is 13.0. The zero-order chi connectivity index (χ0) is 21.4. The van der Waals surface area contributed by atoms with Gasteiger partial charge < -0.3 is 20.1 Å². The molecule has 0 saturated carbocycles. The van der Waals surface area contributed by atoms with Crippen LogP contribution < -0.4 is 15.4 Å². The Hall–Kier alpha value is -1.59. The fraction of sp³-hybridized carbons (Fsp3) is 0.450. The highest BCUT2D eigenvalue weighted by Gasteiger charge is 2.20. The quantitative estimate of drug-likeness (QED) is 0.208. The number of ether oxygens (including phenoxy) is 2. The van der Waals surface area contributed by atoms with Crippen molar-refractivity contribution in [3.8, 4) is 5.75 Å². The summed E-state index contributed by atoms with van der Waals surface area (Å²) < 4.78 is 10.5. The molecule has 2 aromatic rings. The number of aliphatic imine (C=N–C) groups is 1. The van der Waals surface area contributed by atoms with E-state index < -0.39 is 0 Å². The molecule has 0 aliphatic rings. The van der Waals surface area contributed by atoms with Crippen LogP contribution in [-0.4, -0.2) is 37.2 Å². The van der Waals surface area contributed by atoms with Crippen molar-refractivity contribution in [3.05, 3.63) is 44.4 Å². The molecule has 166 valence electrons. The van der Waals surface area contributed by atoms with E-state index in [1.807, 2.05) is 32.9 Å². The summed E-state index contributed by atoms with van der Waals surface area (Å²) in [5.41, 5.74) is 1.60. The number of hydrogen-bond acceptors (Lipinski definition) is 6. The van der Waals surface area contributed by atoms with Crippen LogP contribution in [0.25, 0.3) is 0 Å². The number of nitrogens with one attached hydrogen (secondary N) is 2. The number of carbonyl (C=O) groups excluding carboxylic acids is 1. The van der Waals surface area contributed by atoms with E-state index in [1.165, 1.54) is 11.3 Å². The van der Waals surface area contributed by atoms with E-state index in [2.05, 4.69) is 20.6 Å². The van der Waals surface area contributed by atoms with Crippen molar-refractivity contribution in [1.82, 2.24) is 15.6 Å². The summed E-state index contributed by atoms with van der Waals surface area (Å²) in [5, 5.41) is 7.96. The van der Waals surface area contributed by atoms with Gasteiger partial charge in [-0.2, -0.15) is 0 Å². The molecule has 0 aliphatic heterocycles. The zero-order valence-electron chi connectivity index (χ0n) is 17.7. The standard InChI is InChI=1S/C20H27ClN4O3S.HI/c1-6-22-20(23-11-14-8-9-15(21)10-16(14)27-5)25-13(4)18-24-12(3)17(29-18)19(26)28-7-2;/h8-10,13H,6-7,11H2,1-5H3,(H2,22,23,25);1H. The molecular formula is C20H28ClIN4O3S. The second-order valence-electron chi connectivity index (χ2n) is 6.20. The van der Waals surface area contributed by atoms with Crippen LogP contribution in [0.2, 0.25) is 5.02 Å². The Labute approximate surface area is 203 Å². The van der Waals surface area contributed by atoms with Crippen molar-refractivity contribution in [3.63, 3.8) is 0 Å². The largest absolute Gasteiger partial charge is 0.496 e. The lowest BCUT2D eigenvalue weighted by Crippen LogP contribution is -2.38. The third kappa shape index (κ3) is 7.28. The molecule has 1 heterocycles. The molecule has 0 fully saturated rings. The summed E-state index contributed by atoms with van der Waals surface area (Å²) in [4.78, 5) is 21.7. The third-order valence-electron chi connectivity index (χ3n) is 4.00. The maximum Gasteiger partial charge on any atom is 0.350 e. The Bertz CT molecular complexity index is 876. The van der Waals surface area contributed by atoms with Crippen LogP contribution in [0, 0.1) is 6.92 Å². The number of methoxy groups -OCH3 is 1. The molecule has 2 rings (SSSR count). The summed E-state index contributed by atoms with van der Waals surface area (Å²) in [6.45, 7) is 9.04. The molecule has 10 heteroatoms. The fourth-order valence-corrected chi connectivity index (χ4v) is 3.71. The maximum absolute atomic E-state index is 12.0. The Morgan fingerprint density at radius 3 is 2.73 bits per heavy atom. The lowest BCUT2D eigenvalue weighted by Gasteiger charge is -2.16. The minimum Gasteiger partial charge on any atom is -0.496 e. The van der Waals surface area contributed by atoms with Crippen molar-refractivity contribution in [2.45, 2.75) is 40.3 Å². The van der Waals surface area contributed by atoms with Gasteiger partial charge in [0, 0.05) is 17.1 Å². The van der Waals surface area contributed by atoms with Gasteiger partial charge in [-0.15, -0.1) is 35.3 Å². The molecule has 1 aromatic heterocycles. The number of guanidine groups is 1. The minimum absolute atomic E-state index is 0. The lowest BCUT2D eigenvalue weighted by atomic mass is 10.2. The molecule has 2 N–H and O–H groups in total. The van der Waals surface area contributed by atoms with E-state index in [1.54, 1.807) is 20.1 Å². The number of benzene rings is 1. The van der Waals surface area contributed by atoms with Gasteiger partial charge in [0.15, 0.2) is 5.96 Å². The normalized spacial score (nSPS) is 12.0. The summed E-state index contributed by atoms with van der Waals surface area (Å²) in [6, 6.07) is 5.34. The van der Waals surface area contributed by atoms with Crippen molar-refractivity contribution in [2.75, 3.05) is 20.3 Å². The molecule has 0 spiro atoms. The average Bonchev–Trinajstić information content (AvgIpc) is 3.09. The molecule has 7 nitrogen and oxygen atoms in total. The molecule has 0 radical (unpaired) electrons. The van der Waals surface area contributed by atoms with Crippen LogP contribution in [0.15, 0.2) is 23.2 Å². The van der Waals surface area contributed by atoms with Crippen LogP contribution in [0.5, 0.6) is 5.75 Å². The number of nitrogens with zero attached hydrogens (tertiary/aromatic N) is 2. The van der Waals surface area contributed by atoms with Gasteiger partial charge in [-0.1, -0.05) is 17.7 Å². The van der Waals surface area contributed by atoms with Crippen LogP contribution in [0.1, 0.15) is 52.7 Å². The molecule has 0 saturated heterocycles. The van der Waals surface area contributed by atoms with Gasteiger partial charge in [-0.25, -0.2) is 14.8 Å². The highest BCUT2D eigenvalue weighted by Crippen LogP contribution is 2.25. The first-order chi connectivity index (χ1) is 13.9. The topological polar surface area (TPSA) is 84.8 Å². The maximum atomic E-state index is 12.0. The van der Waals surface area contributed by atoms with Crippen molar-refractivity contribution >= 4 is 58.8 Å². The van der Waals surface area contributed by atoms with Gasteiger partial charge in [0.05, 0.1) is 32.0 Å². The third-order valence-corrected chi connectivity index (χ3v) is 5.55. The predicted molar refractivity (Wildman–Crippen MR) is 133 cm³/mol. The number of carbonyl (C=O) groups is 1. The van der Waals surface area contributed by atoms with Crippen LogP contribution in [-0.2, 0) is 11.3 Å². The first-order valence-corrected chi connectivity index (χ1v) is 10.6. The number of halogens is 2. The Morgan fingerprint density at radius 1 is 1.37 bits per heavy atom. The summed E-state index contributed by atoms with van der Waals surface area (Å²) in [7, 11) is 1.61. The SMILES string of the molecule is CCNC(=NCc1ccc(Cl)cc1OC)NC(C)c1nc(C)c(C(=O)OCC)s1.I. The number of hydrogen-bond donors (Lipinski definition) is 2. The van der Waals surface area contributed by atoms with Crippen LogP contribution >= 0.6 is 46.9 Å². The summed E-state index contributed by atoms with van der Waals surface area (Å²) in [6.07, 6.45) is 0. The van der Waals surface area contributed by atoms with Gasteiger partial charge >= 0.3 is 5.97 Å². The lowest BCUT2D eigenvalue weighted by molar-refractivity contribution is 0.0531. The van der Waals surface area contributed by atoms with Crippen LogP contribution in [0.4, 0.5) is 0 Å². The molecule has 0 amide bonds.